The zero-order valence-electron chi connectivity index (χ0n) is 16.7. The molecular formula is C21H22N2O4S2. The van der Waals surface area contributed by atoms with Crippen molar-refractivity contribution in [1.29, 1.82) is 0 Å². The fourth-order valence-electron chi connectivity index (χ4n) is 2.79. The van der Waals surface area contributed by atoms with Crippen LogP contribution >= 0.6 is 23.1 Å². The largest absolute Gasteiger partial charge is 0.465 e. The molecule has 0 spiro atoms. The van der Waals surface area contributed by atoms with Crippen LogP contribution in [0, 0.1) is 13.8 Å². The Morgan fingerprint density at radius 1 is 1.24 bits per heavy atom. The molecule has 0 aliphatic heterocycles. The Morgan fingerprint density at radius 2 is 1.97 bits per heavy atom. The molecule has 0 bridgehead atoms. The number of carbonyl (C=O) groups is 2. The number of methoxy groups -OCH3 is 1. The lowest BCUT2D eigenvalue weighted by Gasteiger charge is -2.16. The molecule has 0 saturated heterocycles. The van der Waals surface area contributed by atoms with E-state index < -0.39 is 5.97 Å². The molecule has 0 unspecified atom stereocenters. The number of hydrogen-bond donors (Lipinski definition) is 0. The number of carbonyl (C=O) groups excluding carboxylic acids is 2. The number of ether oxygens (including phenoxy) is 1. The van der Waals surface area contributed by atoms with Gasteiger partial charge in [0.15, 0.2) is 0 Å². The molecule has 0 atom stereocenters. The molecule has 152 valence electrons. The van der Waals surface area contributed by atoms with E-state index in [4.69, 9.17) is 9.15 Å². The van der Waals surface area contributed by atoms with E-state index in [9.17, 15) is 9.59 Å². The van der Waals surface area contributed by atoms with Crippen molar-refractivity contribution in [3.8, 4) is 0 Å². The maximum atomic E-state index is 12.7. The molecule has 2 aromatic heterocycles. The third kappa shape index (κ3) is 5.27. The van der Waals surface area contributed by atoms with Gasteiger partial charge in [0.25, 0.3) is 5.91 Å². The minimum absolute atomic E-state index is 0.120. The molecule has 0 fully saturated rings. The van der Waals surface area contributed by atoms with Gasteiger partial charge in [-0.05, 0) is 44.2 Å². The Balaban J connectivity index is 1.60. The lowest BCUT2D eigenvalue weighted by molar-refractivity contribution is 0.0598. The monoisotopic (exact) mass is 430 g/mol. The van der Waals surface area contributed by atoms with E-state index in [1.165, 1.54) is 7.11 Å². The van der Waals surface area contributed by atoms with Crippen LogP contribution in [0.1, 0.15) is 42.9 Å². The molecule has 3 aromatic rings. The Labute approximate surface area is 177 Å². The van der Waals surface area contributed by atoms with Gasteiger partial charge < -0.3 is 14.1 Å². The average molecular weight is 431 g/mol. The van der Waals surface area contributed by atoms with Gasteiger partial charge in [0.2, 0.25) is 0 Å². The zero-order valence-corrected chi connectivity index (χ0v) is 18.4. The van der Waals surface area contributed by atoms with E-state index in [1.54, 1.807) is 48.0 Å². The third-order valence-electron chi connectivity index (χ3n) is 4.27. The highest BCUT2D eigenvalue weighted by molar-refractivity contribution is 7.98. The number of thioether (sulfide) groups is 1. The number of rotatable bonds is 7. The molecule has 0 N–H and O–H groups in total. The second kappa shape index (κ2) is 9.28. The minimum atomic E-state index is -0.451. The Bertz CT molecular complexity index is 1010. The highest BCUT2D eigenvalue weighted by Crippen LogP contribution is 2.24. The predicted octanol–water partition coefficient (Wildman–Crippen LogP) is 4.70. The summed E-state index contributed by atoms with van der Waals surface area (Å²) < 4.78 is 10.3. The number of thiazole rings is 1. The SMILES string of the molecule is COC(=O)c1cc(CN(C)C(=O)c2ccc(SCc3csc(C)n3)cc2)oc1C. The van der Waals surface area contributed by atoms with Crippen molar-refractivity contribution in [3.63, 3.8) is 0 Å². The van der Waals surface area contributed by atoms with Crippen LogP contribution in [0.5, 0.6) is 0 Å². The van der Waals surface area contributed by atoms with Crippen molar-refractivity contribution in [2.24, 2.45) is 0 Å². The van der Waals surface area contributed by atoms with Crippen LogP contribution in [0.2, 0.25) is 0 Å². The van der Waals surface area contributed by atoms with E-state index in [0.717, 1.165) is 21.3 Å². The van der Waals surface area contributed by atoms with Crippen LogP contribution in [-0.4, -0.2) is 35.9 Å². The van der Waals surface area contributed by atoms with Crippen molar-refractivity contribution in [1.82, 2.24) is 9.88 Å². The van der Waals surface area contributed by atoms with E-state index >= 15 is 0 Å². The number of furan rings is 1. The maximum Gasteiger partial charge on any atom is 0.341 e. The van der Waals surface area contributed by atoms with E-state index in [-0.39, 0.29) is 12.5 Å². The molecule has 1 aromatic carbocycles. The van der Waals surface area contributed by atoms with E-state index in [0.29, 0.717) is 22.6 Å². The van der Waals surface area contributed by atoms with Gasteiger partial charge in [0.05, 0.1) is 24.4 Å². The maximum absolute atomic E-state index is 12.7. The lowest BCUT2D eigenvalue weighted by atomic mass is 10.2. The van der Waals surface area contributed by atoms with Gasteiger partial charge in [-0.2, -0.15) is 0 Å². The summed E-state index contributed by atoms with van der Waals surface area (Å²) in [6.45, 7) is 3.95. The van der Waals surface area contributed by atoms with Gasteiger partial charge in [0.1, 0.15) is 17.1 Å². The van der Waals surface area contributed by atoms with Crippen LogP contribution in [0.15, 0.2) is 45.0 Å². The fourth-order valence-corrected chi connectivity index (χ4v) is 4.29. The Morgan fingerprint density at radius 3 is 2.59 bits per heavy atom. The van der Waals surface area contributed by atoms with Crippen LogP contribution < -0.4 is 0 Å². The molecule has 3 rings (SSSR count). The number of benzene rings is 1. The van der Waals surface area contributed by atoms with Crippen LogP contribution in [0.25, 0.3) is 0 Å². The topological polar surface area (TPSA) is 72.6 Å². The summed E-state index contributed by atoms with van der Waals surface area (Å²) in [5.74, 6) is 1.24. The normalized spacial score (nSPS) is 10.8. The molecule has 8 heteroatoms. The molecule has 0 aliphatic carbocycles. The van der Waals surface area contributed by atoms with Crippen LogP contribution in [0.3, 0.4) is 0 Å². The van der Waals surface area contributed by atoms with Gasteiger partial charge in [-0.25, -0.2) is 9.78 Å². The number of hydrogen-bond acceptors (Lipinski definition) is 7. The molecule has 2 heterocycles. The summed E-state index contributed by atoms with van der Waals surface area (Å²) in [4.78, 5) is 31.5. The minimum Gasteiger partial charge on any atom is -0.465 e. The standard InChI is InChI=1S/C21H22N2O4S2/c1-13-19(21(25)26-4)9-17(27-13)10-23(3)20(24)15-5-7-18(8-6-15)29-12-16-11-28-14(2)22-16/h5-9,11H,10,12H2,1-4H3. The molecular weight excluding hydrogens is 408 g/mol. The van der Waals surface area contributed by atoms with Crippen molar-refractivity contribution in [2.45, 2.75) is 31.0 Å². The van der Waals surface area contributed by atoms with E-state index in [2.05, 4.69) is 10.4 Å². The first kappa shape index (κ1) is 21.1. The van der Waals surface area contributed by atoms with Crippen molar-refractivity contribution >= 4 is 35.0 Å². The highest BCUT2D eigenvalue weighted by atomic mass is 32.2. The summed E-state index contributed by atoms with van der Waals surface area (Å²) in [6.07, 6.45) is 0. The van der Waals surface area contributed by atoms with Crippen molar-refractivity contribution in [2.75, 3.05) is 14.2 Å². The van der Waals surface area contributed by atoms with Gasteiger partial charge in [0, 0.05) is 28.6 Å². The van der Waals surface area contributed by atoms with Crippen LogP contribution in [-0.2, 0) is 17.0 Å². The average Bonchev–Trinajstić information content (AvgIpc) is 3.30. The van der Waals surface area contributed by atoms with Gasteiger partial charge >= 0.3 is 5.97 Å². The number of amides is 1. The molecule has 1 amide bonds. The zero-order chi connectivity index (χ0) is 21.0. The summed E-state index contributed by atoms with van der Waals surface area (Å²) in [5.41, 5.74) is 2.04. The molecule has 0 saturated carbocycles. The highest BCUT2D eigenvalue weighted by Gasteiger charge is 2.18. The fraction of sp³-hybridized carbons (Fsp3) is 0.286. The summed E-state index contributed by atoms with van der Waals surface area (Å²) in [7, 11) is 3.02. The number of aryl methyl sites for hydroxylation is 2. The smallest absolute Gasteiger partial charge is 0.341 e. The molecule has 6 nitrogen and oxygen atoms in total. The summed E-state index contributed by atoms with van der Waals surface area (Å²) in [6, 6.07) is 9.14. The second-order valence-electron chi connectivity index (χ2n) is 6.51. The van der Waals surface area contributed by atoms with Crippen molar-refractivity contribution in [3.05, 3.63) is 69.1 Å². The predicted molar refractivity (Wildman–Crippen MR) is 113 cm³/mol. The van der Waals surface area contributed by atoms with Crippen LogP contribution in [0.4, 0.5) is 0 Å². The third-order valence-corrected chi connectivity index (χ3v) is 6.14. The summed E-state index contributed by atoms with van der Waals surface area (Å²) in [5, 5.41) is 3.13. The quantitative estimate of drug-likeness (QED) is 0.399. The van der Waals surface area contributed by atoms with Crippen molar-refractivity contribution < 1.29 is 18.7 Å². The second-order valence-corrected chi connectivity index (χ2v) is 8.62. The first-order valence-electron chi connectivity index (χ1n) is 8.94. The number of esters is 1. The Kier molecular flexibility index (Phi) is 6.76. The first-order chi connectivity index (χ1) is 13.9. The van der Waals surface area contributed by atoms with Gasteiger partial charge in [-0.3, -0.25) is 4.79 Å². The first-order valence-corrected chi connectivity index (χ1v) is 10.8. The molecule has 29 heavy (non-hydrogen) atoms. The van der Waals surface area contributed by atoms with E-state index in [1.807, 2.05) is 31.2 Å². The lowest BCUT2D eigenvalue weighted by Crippen LogP contribution is -2.25. The summed E-state index contributed by atoms with van der Waals surface area (Å²) >= 11 is 3.33. The molecule has 0 aliphatic rings. The number of aromatic nitrogens is 1. The van der Waals surface area contributed by atoms with Gasteiger partial charge in [-0.1, -0.05) is 0 Å². The van der Waals surface area contributed by atoms with Gasteiger partial charge in [-0.15, -0.1) is 23.1 Å². The number of nitrogens with zero attached hydrogens (tertiary/aromatic N) is 2. The molecule has 0 radical (unpaired) electrons. The Hall–Kier alpha value is -2.58.